The lowest BCUT2D eigenvalue weighted by atomic mass is 9.86. The monoisotopic (exact) mass is 494 g/mol. The van der Waals surface area contributed by atoms with Crippen molar-refractivity contribution in [3.8, 4) is 11.1 Å². The highest BCUT2D eigenvalue weighted by atomic mass is 16.3. The third-order valence-electron chi connectivity index (χ3n) is 8.42. The van der Waals surface area contributed by atoms with E-state index in [9.17, 15) is 0 Å². The van der Waals surface area contributed by atoms with Gasteiger partial charge in [-0.25, -0.2) is 0 Å². The SMILES string of the molecule is c1ccc2c(c1)oc1c(-c3ccc4c(c3)c3ccccc3c3c5ccccc5c5ccccc5c43)cccc12. The number of hydrogen-bond donors (Lipinski definition) is 0. The Bertz CT molecular complexity index is 2440. The van der Waals surface area contributed by atoms with Crippen LogP contribution in [0.4, 0.5) is 0 Å². The number of furan rings is 1. The molecular formula is C38H22O. The van der Waals surface area contributed by atoms with Gasteiger partial charge in [-0.2, -0.15) is 0 Å². The van der Waals surface area contributed by atoms with E-state index in [-0.39, 0.29) is 0 Å². The van der Waals surface area contributed by atoms with Crippen LogP contribution in [0.3, 0.4) is 0 Å². The molecule has 0 saturated carbocycles. The first-order valence-electron chi connectivity index (χ1n) is 13.4. The fourth-order valence-corrected chi connectivity index (χ4v) is 6.76. The summed E-state index contributed by atoms with van der Waals surface area (Å²) < 4.78 is 6.41. The van der Waals surface area contributed by atoms with Crippen LogP contribution in [0.25, 0.3) is 86.9 Å². The van der Waals surface area contributed by atoms with Gasteiger partial charge in [0, 0.05) is 16.3 Å². The van der Waals surface area contributed by atoms with E-state index in [4.69, 9.17) is 4.42 Å². The Morgan fingerprint density at radius 3 is 1.46 bits per heavy atom. The molecule has 0 aliphatic heterocycles. The summed E-state index contributed by atoms with van der Waals surface area (Å²) in [5, 5.41) is 15.3. The molecule has 0 aliphatic carbocycles. The summed E-state index contributed by atoms with van der Waals surface area (Å²) in [4.78, 5) is 0. The van der Waals surface area contributed by atoms with E-state index in [0.717, 1.165) is 27.5 Å². The molecule has 1 heteroatoms. The van der Waals surface area contributed by atoms with Gasteiger partial charge in [0.05, 0.1) is 0 Å². The van der Waals surface area contributed by atoms with Crippen LogP contribution in [0.5, 0.6) is 0 Å². The molecule has 0 saturated heterocycles. The third-order valence-corrected chi connectivity index (χ3v) is 8.42. The molecule has 0 radical (unpaired) electrons. The van der Waals surface area contributed by atoms with Gasteiger partial charge in [-0.05, 0) is 71.6 Å². The largest absolute Gasteiger partial charge is 0.455 e. The summed E-state index contributed by atoms with van der Waals surface area (Å²) >= 11 is 0. The van der Waals surface area contributed by atoms with Gasteiger partial charge in [-0.3, -0.25) is 0 Å². The molecule has 0 N–H and O–H groups in total. The van der Waals surface area contributed by atoms with Crippen molar-refractivity contribution in [1.29, 1.82) is 0 Å². The smallest absolute Gasteiger partial charge is 0.143 e. The summed E-state index contributed by atoms with van der Waals surface area (Å²) in [6.45, 7) is 0. The van der Waals surface area contributed by atoms with E-state index in [1.165, 1.54) is 59.4 Å². The molecule has 1 heterocycles. The molecular weight excluding hydrogens is 472 g/mol. The minimum absolute atomic E-state index is 0.926. The number of fused-ring (bicyclic) bond motifs is 14. The van der Waals surface area contributed by atoms with Gasteiger partial charge in [0.2, 0.25) is 0 Å². The maximum atomic E-state index is 6.41. The van der Waals surface area contributed by atoms with Crippen LogP contribution in [0.2, 0.25) is 0 Å². The molecule has 39 heavy (non-hydrogen) atoms. The second-order valence-corrected chi connectivity index (χ2v) is 10.4. The molecule has 1 nitrogen and oxygen atoms in total. The number of para-hydroxylation sites is 2. The average molecular weight is 495 g/mol. The molecule has 0 bridgehead atoms. The fraction of sp³-hybridized carbons (Fsp3) is 0. The maximum Gasteiger partial charge on any atom is 0.143 e. The Labute approximate surface area is 224 Å². The normalized spacial score (nSPS) is 12.1. The first-order chi connectivity index (χ1) is 19.4. The summed E-state index contributed by atoms with van der Waals surface area (Å²) in [5.41, 5.74) is 4.16. The molecule has 0 amide bonds. The number of benzene rings is 8. The second-order valence-electron chi connectivity index (χ2n) is 10.4. The van der Waals surface area contributed by atoms with Gasteiger partial charge in [-0.15, -0.1) is 0 Å². The molecule has 0 atom stereocenters. The van der Waals surface area contributed by atoms with Gasteiger partial charge in [0.15, 0.2) is 0 Å². The van der Waals surface area contributed by atoms with Crippen molar-refractivity contribution in [3.63, 3.8) is 0 Å². The lowest BCUT2D eigenvalue weighted by molar-refractivity contribution is 0.670. The Morgan fingerprint density at radius 2 is 0.821 bits per heavy atom. The lowest BCUT2D eigenvalue weighted by Gasteiger charge is -2.17. The van der Waals surface area contributed by atoms with Crippen molar-refractivity contribution in [2.24, 2.45) is 0 Å². The molecule has 0 spiro atoms. The highest BCUT2D eigenvalue weighted by Crippen LogP contribution is 2.45. The predicted molar refractivity (Wildman–Crippen MR) is 167 cm³/mol. The molecule has 0 unspecified atom stereocenters. The van der Waals surface area contributed by atoms with Crippen LogP contribution < -0.4 is 0 Å². The molecule has 8 aromatic carbocycles. The van der Waals surface area contributed by atoms with Crippen LogP contribution >= 0.6 is 0 Å². The molecule has 0 fully saturated rings. The predicted octanol–water partition coefficient (Wildman–Crippen LogP) is 11.0. The van der Waals surface area contributed by atoms with Crippen molar-refractivity contribution in [2.45, 2.75) is 0 Å². The maximum absolute atomic E-state index is 6.41. The third kappa shape index (κ3) is 2.79. The first kappa shape index (κ1) is 20.9. The van der Waals surface area contributed by atoms with Gasteiger partial charge < -0.3 is 4.42 Å². The minimum atomic E-state index is 0.926. The van der Waals surface area contributed by atoms with E-state index in [1.807, 2.05) is 6.07 Å². The van der Waals surface area contributed by atoms with Crippen molar-refractivity contribution in [2.75, 3.05) is 0 Å². The average Bonchev–Trinajstić information content (AvgIpc) is 3.39. The van der Waals surface area contributed by atoms with Crippen molar-refractivity contribution < 1.29 is 4.42 Å². The second kappa shape index (κ2) is 7.69. The number of rotatable bonds is 1. The molecule has 9 rings (SSSR count). The first-order valence-corrected chi connectivity index (χ1v) is 13.4. The van der Waals surface area contributed by atoms with E-state index >= 15 is 0 Å². The molecule has 1 aromatic heterocycles. The zero-order valence-electron chi connectivity index (χ0n) is 21.1. The Hall–Kier alpha value is -5.14. The number of hydrogen-bond acceptors (Lipinski definition) is 1. The Kier molecular flexibility index (Phi) is 4.11. The lowest BCUT2D eigenvalue weighted by Crippen LogP contribution is -1.89. The van der Waals surface area contributed by atoms with Gasteiger partial charge in [-0.1, -0.05) is 121 Å². The minimum Gasteiger partial charge on any atom is -0.455 e. The summed E-state index contributed by atoms with van der Waals surface area (Å²) in [6, 6.07) is 48.3. The van der Waals surface area contributed by atoms with Crippen LogP contribution in [-0.2, 0) is 0 Å². The molecule has 180 valence electrons. The van der Waals surface area contributed by atoms with Crippen LogP contribution in [0.1, 0.15) is 0 Å². The van der Waals surface area contributed by atoms with Crippen LogP contribution in [-0.4, -0.2) is 0 Å². The van der Waals surface area contributed by atoms with Crippen molar-refractivity contribution in [1.82, 2.24) is 0 Å². The fourth-order valence-electron chi connectivity index (χ4n) is 6.76. The molecule has 9 aromatic rings. The summed E-state index contributed by atoms with van der Waals surface area (Å²) in [5.74, 6) is 0. The van der Waals surface area contributed by atoms with Crippen molar-refractivity contribution >= 4 is 75.8 Å². The van der Waals surface area contributed by atoms with E-state index in [2.05, 4.69) is 127 Å². The quantitative estimate of drug-likeness (QED) is 0.207. The van der Waals surface area contributed by atoms with Gasteiger partial charge >= 0.3 is 0 Å². The van der Waals surface area contributed by atoms with Crippen LogP contribution in [0.15, 0.2) is 138 Å². The highest BCUT2D eigenvalue weighted by Gasteiger charge is 2.17. The van der Waals surface area contributed by atoms with Gasteiger partial charge in [0.25, 0.3) is 0 Å². The summed E-state index contributed by atoms with van der Waals surface area (Å²) in [6.07, 6.45) is 0. The topological polar surface area (TPSA) is 13.1 Å². The van der Waals surface area contributed by atoms with Gasteiger partial charge in [0.1, 0.15) is 11.2 Å². The van der Waals surface area contributed by atoms with Crippen LogP contribution in [0, 0.1) is 0 Å². The summed E-state index contributed by atoms with van der Waals surface area (Å²) in [7, 11) is 0. The highest BCUT2D eigenvalue weighted by molar-refractivity contribution is 6.39. The molecule has 0 aliphatic rings. The Balaban J connectivity index is 1.47. The Morgan fingerprint density at radius 1 is 0.333 bits per heavy atom. The zero-order chi connectivity index (χ0) is 25.5. The standard InChI is InChI=1S/C38H22O/c1-4-14-29-25(10-1)26-11-2-5-15-30(26)37-32-21-20-23(22-34(32)27-12-3-6-16-31(27)36(29)37)24-17-9-18-33-28-13-7-8-19-35(28)39-38(24)33/h1-22H. The van der Waals surface area contributed by atoms with E-state index in [1.54, 1.807) is 0 Å². The van der Waals surface area contributed by atoms with E-state index < -0.39 is 0 Å². The van der Waals surface area contributed by atoms with E-state index in [0.29, 0.717) is 0 Å². The van der Waals surface area contributed by atoms with Crippen molar-refractivity contribution in [3.05, 3.63) is 133 Å². The zero-order valence-corrected chi connectivity index (χ0v) is 21.1.